The lowest BCUT2D eigenvalue weighted by atomic mass is 9.91. The lowest BCUT2D eigenvalue weighted by Crippen LogP contribution is -2.38. The van der Waals surface area contributed by atoms with Gasteiger partial charge in [-0.2, -0.15) is 5.10 Å². The predicted molar refractivity (Wildman–Crippen MR) is 82.4 cm³/mol. The summed E-state index contributed by atoms with van der Waals surface area (Å²) in [6, 6.07) is 5.07. The number of nitrogens with zero attached hydrogens (tertiary/aromatic N) is 3. The van der Waals surface area contributed by atoms with Crippen molar-refractivity contribution in [3.05, 3.63) is 42.0 Å². The fraction of sp³-hybridized carbons (Fsp3) is 0.438. The highest BCUT2D eigenvalue weighted by molar-refractivity contribution is 5.79. The van der Waals surface area contributed by atoms with Crippen molar-refractivity contribution in [2.75, 3.05) is 6.61 Å². The zero-order chi connectivity index (χ0) is 16.2. The third kappa shape index (κ3) is 3.34. The Kier molecular flexibility index (Phi) is 4.57. The number of hydrogen-bond acceptors (Lipinski definition) is 5. The highest BCUT2D eigenvalue weighted by Gasteiger charge is 2.34. The van der Waals surface area contributed by atoms with Crippen molar-refractivity contribution in [1.82, 2.24) is 20.1 Å². The van der Waals surface area contributed by atoms with Gasteiger partial charge in [0.15, 0.2) is 0 Å². The quantitative estimate of drug-likeness (QED) is 0.887. The number of rotatable bonds is 4. The van der Waals surface area contributed by atoms with Gasteiger partial charge in [-0.1, -0.05) is 0 Å². The van der Waals surface area contributed by atoms with Crippen LogP contribution in [0.2, 0.25) is 0 Å². The molecule has 1 fully saturated rings. The third-order valence-electron chi connectivity index (χ3n) is 4.11. The van der Waals surface area contributed by atoms with Gasteiger partial charge in [0.05, 0.1) is 18.2 Å². The van der Waals surface area contributed by atoms with Gasteiger partial charge in [-0.3, -0.25) is 14.5 Å². The van der Waals surface area contributed by atoms with Crippen LogP contribution >= 0.6 is 0 Å². The number of aromatic nitrogens is 3. The van der Waals surface area contributed by atoms with Crippen LogP contribution in [0.15, 0.2) is 30.6 Å². The number of aryl methyl sites for hydroxylation is 1. The number of pyridine rings is 1. The molecular formula is C16H20N4O3. The van der Waals surface area contributed by atoms with E-state index in [1.807, 2.05) is 13.1 Å². The fourth-order valence-corrected chi connectivity index (χ4v) is 2.87. The molecule has 2 N–H and O–H groups in total. The summed E-state index contributed by atoms with van der Waals surface area (Å²) in [5.41, 5.74) is 1.35. The Morgan fingerprint density at radius 1 is 1.48 bits per heavy atom. The van der Waals surface area contributed by atoms with Crippen molar-refractivity contribution in [2.24, 2.45) is 13.0 Å². The molecule has 0 saturated carbocycles. The van der Waals surface area contributed by atoms with Crippen molar-refractivity contribution in [2.45, 2.75) is 25.5 Å². The van der Waals surface area contributed by atoms with Crippen molar-refractivity contribution in [3.8, 4) is 5.75 Å². The van der Waals surface area contributed by atoms with Gasteiger partial charge in [-0.15, -0.1) is 0 Å². The molecule has 1 saturated heterocycles. The highest BCUT2D eigenvalue weighted by Crippen LogP contribution is 2.33. The van der Waals surface area contributed by atoms with Crippen LogP contribution in [0.4, 0.5) is 0 Å². The Balaban J connectivity index is 1.69. The first-order valence-electron chi connectivity index (χ1n) is 7.67. The molecule has 0 aromatic carbocycles. The molecule has 122 valence electrons. The van der Waals surface area contributed by atoms with Crippen molar-refractivity contribution < 1.29 is 14.6 Å². The summed E-state index contributed by atoms with van der Waals surface area (Å²) in [5, 5.41) is 16.7. The molecule has 0 unspecified atom stereocenters. The average molecular weight is 316 g/mol. The first-order chi connectivity index (χ1) is 11.2. The van der Waals surface area contributed by atoms with E-state index < -0.39 is 0 Å². The van der Waals surface area contributed by atoms with Gasteiger partial charge in [-0.05, 0) is 31.0 Å². The molecule has 23 heavy (non-hydrogen) atoms. The zero-order valence-corrected chi connectivity index (χ0v) is 13.0. The van der Waals surface area contributed by atoms with Crippen LogP contribution in [0, 0.1) is 5.92 Å². The van der Waals surface area contributed by atoms with Gasteiger partial charge in [0.1, 0.15) is 17.5 Å². The van der Waals surface area contributed by atoms with Gasteiger partial charge in [-0.25, -0.2) is 0 Å². The fourth-order valence-electron chi connectivity index (χ4n) is 2.87. The molecule has 7 heteroatoms. The van der Waals surface area contributed by atoms with E-state index in [1.54, 1.807) is 29.2 Å². The first kappa shape index (κ1) is 15.5. The van der Waals surface area contributed by atoms with E-state index in [-0.39, 0.29) is 30.2 Å². The Bertz CT molecular complexity index is 685. The summed E-state index contributed by atoms with van der Waals surface area (Å²) >= 11 is 0. The Morgan fingerprint density at radius 3 is 3.09 bits per heavy atom. The molecule has 2 aromatic rings. The molecule has 1 amide bonds. The summed E-state index contributed by atoms with van der Waals surface area (Å²) in [7, 11) is 1.84. The Hall–Kier alpha value is -2.41. The molecule has 1 aliphatic heterocycles. The Morgan fingerprint density at radius 2 is 2.35 bits per heavy atom. The maximum absolute atomic E-state index is 12.6. The largest absolute Gasteiger partial charge is 0.506 e. The second-order valence-corrected chi connectivity index (χ2v) is 5.61. The molecule has 3 heterocycles. The normalized spacial score (nSPS) is 21.1. The molecule has 0 spiro atoms. The van der Waals surface area contributed by atoms with E-state index in [9.17, 15) is 9.90 Å². The van der Waals surface area contributed by atoms with E-state index in [4.69, 9.17) is 4.74 Å². The number of carbonyl (C=O) groups is 1. The summed E-state index contributed by atoms with van der Waals surface area (Å²) in [5.74, 6) is -0.290. The molecule has 2 atom stereocenters. The van der Waals surface area contributed by atoms with Crippen LogP contribution in [0.1, 0.15) is 30.3 Å². The summed E-state index contributed by atoms with van der Waals surface area (Å²) in [4.78, 5) is 16.6. The average Bonchev–Trinajstić information content (AvgIpc) is 3.00. The SMILES string of the molecule is Cn1nccc1[C@@H]1OCCC[C@H]1C(=O)NCc1ncccc1O. The molecule has 2 aromatic heterocycles. The lowest BCUT2D eigenvalue weighted by Gasteiger charge is -2.30. The monoisotopic (exact) mass is 316 g/mol. The molecular weight excluding hydrogens is 296 g/mol. The summed E-state index contributed by atoms with van der Waals surface area (Å²) in [6.07, 6.45) is 4.60. The number of nitrogens with one attached hydrogen (secondary N) is 1. The van der Waals surface area contributed by atoms with Crippen molar-refractivity contribution in [3.63, 3.8) is 0 Å². The number of carbonyl (C=O) groups excluding carboxylic acids is 1. The molecule has 0 bridgehead atoms. The van der Waals surface area contributed by atoms with Crippen LogP contribution in [-0.2, 0) is 23.1 Å². The van der Waals surface area contributed by atoms with Crippen LogP contribution < -0.4 is 5.32 Å². The number of hydrogen-bond donors (Lipinski definition) is 2. The number of ether oxygens (including phenoxy) is 1. The first-order valence-corrected chi connectivity index (χ1v) is 7.67. The van der Waals surface area contributed by atoms with E-state index >= 15 is 0 Å². The van der Waals surface area contributed by atoms with Gasteiger partial charge in [0.2, 0.25) is 5.91 Å². The minimum atomic E-state index is -0.298. The molecule has 3 rings (SSSR count). The van der Waals surface area contributed by atoms with Crippen LogP contribution in [0.25, 0.3) is 0 Å². The van der Waals surface area contributed by atoms with Gasteiger partial charge in [0.25, 0.3) is 0 Å². The smallest absolute Gasteiger partial charge is 0.226 e. The van der Waals surface area contributed by atoms with E-state index in [2.05, 4.69) is 15.4 Å². The summed E-state index contributed by atoms with van der Waals surface area (Å²) in [6.45, 7) is 0.834. The van der Waals surface area contributed by atoms with Crippen LogP contribution in [-0.4, -0.2) is 32.4 Å². The van der Waals surface area contributed by atoms with Gasteiger partial charge in [0, 0.05) is 26.0 Å². The second-order valence-electron chi connectivity index (χ2n) is 5.61. The predicted octanol–water partition coefficient (Wildman–Crippen LogP) is 1.30. The minimum Gasteiger partial charge on any atom is -0.506 e. The number of amides is 1. The van der Waals surface area contributed by atoms with Gasteiger partial charge >= 0.3 is 0 Å². The van der Waals surface area contributed by atoms with Gasteiger partial charge < -0.3 is 15.2 Å². The van der Waals surface area contributed by atoms with Crippen LogP contribution in [0.5, 0.6) is 5.75 Å². The van der Waals surface area contributed by atoms with E-state index in [1.165, 1.54) is 0 Å². The van der Waals surface area contributed by atoms with E-state index in [0.717, 1.165) is 18.5 Å². The lowest BCUT2D eigenvalue weighted by molar-refractivity contribution is -0.135. The molecule has 7 nitrogen and oxygen atoms in total. The second kappa shape index (κ2) is 6.78. The molecule has 0 radical (unpaired) electrons. The summed E-state index contributed by atoms with van der Waals surface area (Å²) < 4.78 is 7.56. The number of aromatic hydroxyl groups is 1. The molecule has 1 aliphatic rings. The zero-order valence-electron chi connectivity index (χ0n) is 13.0. The Labute approximate surface area is 134 Å². The molecule has 0 aliphatic carbocycles. The maximum Gasteiger partial charge on any atom is 0.226 e. The standard InChI is InChI=1S/C16H20N4O3/c1-20-13(6-8-19-20)15-11(4-3-9-23-15)16(22)18-10-12-14(21)5-2-7-17-12/h2,5-8,11,15,21H,3-4,9-10H2,1H3,(H,18,22)/t11-,15-/m1/s1. The third-order valence-corrected chi connectivity index (χ3v) is 4.11. The minimum absolute atomic E-state index is 0.0795. The highest BCUT2D eigenvalue weighted by atomic mass is 16.5. The van der Waals surface area contributed by atoms with E-state index in [0.29, 0.717) is 12.3 Å². The maximum atomic E-state index is 12.6. The van der Waals surface area contributed by atoms with Crippen molar-refractivity contribution in [1.29, 1.82) is 0 Å². The van der Waals surface area contributed by atoms with Crippen molar-refractivity contribution >= 4 is 5.91 Å². The topological polar surface area (TPSA) is 89.3 Å². The van der Waals surface area contributed by atoms with Crippen LogP contribution in [0.3, 0.4) is 0 Å².